The van der Waals surface area contributed by atoms with Crippen molar-refractivity contribution in [3.05, 3.63) is 29.5 Å². The molecule has 0 amide bonds. The Kier molecular flexibility index (Phi) is 3.47. The van der Waals surface area contributed by atoms with Gasteiger partial charge in [-0.3, -0.25) is 0 Å². The van der Waals surface area contributed by atoms with Gasteiger partial charge in [-0.15, -0.1) is 0 Å². The summed E-state index contributed by atoms with van der Waals surface area (Å²) in [6.07, 6.45) is 3.84. The molecular weight excluding hydrogens is 236 g/mol. The predicted octanol–water partition coefficient (Wildman–Crippen LogP) is 3.69. The van der Waals surface area contributed by atoms with Gasteiger partial charge in [0.1, 0.15) is 5.75 Å². The van der Waals surface area contributed by atoms with E-state index in [1.54, 1.807) is 0 Å². The van der Waals surface area contributed by atoms with Crippen molar-refractivity contribution >= 4 is 10.9 Å². The quantitative estimate of drug-likeness (QED) is 0.881. The van der Waals surface area contributed by atoms with Crippen LogP contribution in [0, 0.1) is 6.92 Å². The summed E-state index contributed by atoms with van der Waals surface area (Å²) in [5.74, 6) is 0.959. The van der Waals surface area contributed by atoms with Crippen molar-refractivity contribution in [3.8, 4) is 5.75 Å². The molecule has 1 aliphatic heterocycles. The number of hydrogen-bond donors (Lipinski definition) is 2. The zero-order chi connectivity index (χ0) is 13.2. The third kappa shape index (κ3) is 2.35. The minimum absolute atomic E-state index is 0.483. The van der Waals surface area contributed by atoms with Crippen molar-refractivity contribution in [1.29, 1.82) is 0 Å². The van der Waals surface area contributed by atoms with Crippen LogP contribution >= 0.6 is 0 Å². The summed E-state index contributed by atoms with van der Waals surface area (Å²) in [6.45, 7) is 6.07. The Labute approximate surface area is 114 Å². The van der Waals surface area contributed by atoms with Crippen LogP contribution in [0.5, 0.6) is 5.75 Å². The maximum Gasteiger partial charge on any atom is 0.120 e. The average Bonchev–Trinajstić information content (AvgIpc) is 2.78. The van der Waals surface area contributed by atoms with Crippen LogP contribution in [0.1, 0.15) is 43.5 Å². The molecule has 0 bridgehead atoms. The zero-order valence-electron chi connectivity index (χ0n) is 11.8. The van der Waals surface area contributed by atoms with Gasteiger partial charge in [0.2, 0.25) is 0 Å². The van der Waals surface area contributed by atoms with E-state index >= 15 is 0 Å². The molecule has 3 nitrogen and oxygen atoms in total. The van der Waals surface area contributed by atoms with E-state index in [9.17, 15) is 0 Å². The fraction of sp³-hybridized carbons (Fsp3) is 0.500. The first-order valence-electron chi connectivity index (χ1n) is 7.28. The molecule has 1 unspecified atom stereocenters. The molecule has 2 aromatic rings. The number of piperidine rings is 1. The lowest BCUT2D eigenvalue weighted by atomic mass is 9.99. The number of hydrogen-bond acceptors (Lipinski definition) is 2. The van der Waals surface area contributed by atoms with Crippen LogP contribution in [0.2, 0.25) is 0 Å². The van der Waals surface area contributed by atoms with Gasteiger partial charge in [-0.05, 0) is 57.0 Å². The molecule has 0 radical (unpaired) electrons. The molecule has 102 valence electrons. The molecule has 19 heavy (non-hydrogen) atoms. The van der Waals surface area contributed by atoms with E-state index in [-0.39, 0.29) is 0 Å². The van der Waals surface area contributed by atoms with Gasteiger partial charge in [0.25, 0.3) is 0 Å². The van der Waals surface area contributed by atoms with E-state index in [1.807, 2.05) is 13.0 Å². The first-order valence-corrected chi connectivity index (χ1v) is 7.28. The first kappa shape index (κ1) is 12.5. The number of benzene rings is 1. The highest BCUT2D eigenvalue weighted by atomic mass is 16.5. The fourth-order valence-corrected chi connectivity index (χ4v) is 3.03. The highest BCUT2D eigenvalue weighted by Gasteiger charge is 2.19. The Morgan fingerprint density at radius 3 is 2.95 bits per heavy atom. The van der Waals surface area contributed by atoms with E-state index in [4.69, 9.17) is 4.74 Å². The molecule has 1 aromatic heterocycles. The Morgan fingerprint density at radius 1 is 1.32 bits per heavy atom. The summed E-state index contributed by atoms with van der Waals surface area (Å²) in [5.41, 5.74) is 3.92. The van der Waals surface area contributed by atoms with Crippen molar-refractivity contribution in [3.63, 3.8) is 0 Å². The van der Waals surface area contributed by atoms with Gasteiger partial charge < -0.3 is 15.0 Å². The third-order valence-corrected chi connectivity index (χ3v) is 4.04. The largest absolute Gasteiger partial charge is 0.494 e. The first-order chi connectivity index (χ1) is 9.29. The number of rotatable bonds is 3. The summed E-state index contributed by atoms with van der Waals surface area (Å²) in [7, 11) is 0. The molecule has 1 saturated heterocycles. The van der Waals surface area contributed by atoms with E-state index in [2.05, 4.69) is 29.4 Å². The molecule has 0 aliphatic carbocycles. The van der Waals surface area contributed by atoms with Gasteiger partial charge in [-0.1, -0.05) is 6.42 Å². The van der Waals surface area contributed by atoms with Crippen LogP contribution in [-0.2, 0) is 0 Å². The van der Waals surface area contributed by atoms with Gasteiger partial charge in [-0.2, -0.15) is 0 Å². The Morgan fingerprint density at radius 2 is 2.21 bits per heavy atom. The van der Waals surface area contributed by atoms with Crippen LogP contribution < -0.4 is 10.1 Å². The second-order valence-electron chi connectivity index (χ2n) is 5.31. The van der Waals surface area contributed by atoms with Crippen LogP contribution in [0.3, 0.4) is 0 Å². The molecule has 2 heterocycles. The van der Waals surface area contributed by atoms with E-state index in [1.165, 1.54) is 41.4 Å². The van der Waals surface area contributed by atoms with E-state index in [0.29, 0.717) is 12.6 Å². The predicted molar refractivity (Wildman–Crippen MR) is 78.8 cm³/mol. The number of aryl methyl sites for hydroxylation is 1. The molecule has 2 N–H and O–H groups in total. The van der Waals surface area contributed by atoms with Crippen LogP contribution in [-0.4, -0.2) is 18.1 Å². The molecule has 1 aromatic carbocycles. The van der Waals surface area contributed by atoms with Gasteiger partial charge in [0.05, 0.1) is 6.61 Å². The number of H-pyrrole nitrogens is 1. The van der Waals surface area contributed by atoms with Crippen molar-refractivity contribution < 1.29 is 4.74 Å². The van der Waals surface area contributed by atoms with Crippen LogP contribution in [0.15, 0.2) is 18.2 Å². The number of aromatic amines is 1. The summed E-state index contributed by atoms with van der Waals surface area (Å²) in [4.78, 5) is 3.58. The number of nitrogens with one attached hydrogen (secondary N) is 2. The summed E-state index contributed by atoms with van der Waals surface area (Å²) in [5, 5.41) is 4.90. The van der Waals surface area contributed by atoms with Crippen LogP contribution in [0.4, 0.5) is 0 Å². The lowest BCUT2D eigenvalue weighted by molar-refractivity contribution is 0.340. The summed E-state index contributed by atoms with van der Waals surface area (Å²) < 4.78 is 5.59. The van der Waals surface area contributed by atoms with Crippen LogP contribution in [0.25, 0.3) is 10.9 Å². The third-order valence-electron chi connectivity index (χ3n) is 4.04. The number of fused-ring (bicyclic) bond motifs is 1. The van der Waals surface area contributed by atoms with Crippen molar-refractivity contribution in [2.24, 2.45) is 0 Å². The van der Waals surface area contributed by atoms with Crippen molar-refractivity contribution in [2.75, 3.05) is 13.2 Å². The minimum Gasteiger partial charge on any atom is -0.494 e. The summed E-state index contributed by atoms with van der Waals surface area (Å²) in [6, 6.07) is 6.80. The Hall–Kier alpha value is -1.48. The Balaban J connectivity index is 1.99. The van der Waals surface area contributed by atoms with Gasteiger partial charge in [0, 0.05) is 22.6 Å². The van der Waals surface area contributed by atoms with Gasteiger partial charge in [0.15, 0.2) is 0 Å². The zero-order valence-corrected chi connectivity index (χ0v) is 11.8. The molecule has 1 atom stereocenters. The highest BCUT2D eigenvalue weighted by Crippen LogP contribution is 2.32. The summed E-state index contributed by atoms with van der Waals surface area (Å²) >= 11 is 0. The van der Waals surface area contributed by atoms with Gasteiger partial charge >= 0.3 is 0 Å². The molecule has 1 aliphatic rings. The second kappa shape index (κ2) is 5.25. The number of aromatic nitrogens is 1. The normalized spacial score (nSPS) is 19.8. The monoisotopic (exact) mass is 258 g/mol. The fourth-order valence-electron chi connectivity index (χ4n) is 3.03. The molecule has 0 saturated carbocycles. The van der Waals surface area contributed by atoms with Crippen molar-refractivity contribution in [1.82, 2.24) is 10.3 Å². The van der Waals surface area contributed by atoms with Crippen molar-refractivity contribution in [2.45, 2.75) is 39.2 Å². The molecule has 3 rings (SSSR count). The van der Waals surface area contributed by atoms with Gasteiger partial charge in [-0.25, -0.2) is 0 Å². The second-order valence-corrected chi connectivity index (χ2v) is 5.31. The van der Waals surface area contributed by atoms with E-state index < -0.39 is 0 Å². The smallest absolute Gasteiger partial charge is 0.120 e. The topological polar surface area (TPSA) is 37.0 Å². The molecule has 3 heteroatoms. The Bertz CT molecular complexity index is 567. The molecule has 0 spiro atoms. The lowest BCUT2D eigenvalue weighted by Gasteiger charge is -2.23. The lowest BCUT2D eigenvalue weighted by Crippen LogP contribution is -2.27. The minimum atomic E-state index is 0.483. The molecular formula is C16H22N2O. The SMILES string of the molecule is CCOc1ccc2[nH]c(C3CCCCN3)c(C)c2c1. The maximum absolute atomic E-state index is 5.59. The maximum atomic E-state index is 5.59. The average molecular weight is 258 g/mol. The number of ether oxygens (including phenoxy) is 1. The molecule has 1 fully saturated rings. The standard InChI is InChI=1S/C16H22N2O/c1-3-19-12-7-8-14-13(10-12)11(2)16(18-14)15-6-4-5-9-17-15/h7-8,10,15,17-18H,3-6,9H2,1-2H3. The van der Waals surface area contributed by atoms with E-state index in [0.717, 1.165) is 12.3 Å². The highest BCUT2D eigenvalue weighted by molar-refractivity contribution is 5.86.